The fourth-order valence-electron chi connectivity index (χ4n) is 2.45. The van der Waals surface area contributed by atoms with Crippen LogP contribution < -0.4 is 15.4 Å². The third-order valence-corrected chi connectivity index (χ3v) is 5.70. The average molecular weight is 430 g/mol. The van der Waals surface area contributed by atoms with Crippen LogP contribution in [0.4, 0.5) is 16.2 Å². The summed E-state index contributed by atoms with van der Waals surface area (Å²) in [6.45, 7) is 3.58. The fourth-order valence-corrected chi connectivity index (χ4v) is 4.15. The highest BCUT2D eigenvalue weighted by Crippen LogP contribution is 2.26. The molecule has 2 amide bonds. The Labute approximate surface area is 169 Å². The first-order chi connectivity index (χ1) is 12.7. The topological polar surface area (TPSA) is 87.3 Å². The van der Waals surface area contributed by atoms with E-state index in [0.29, 0.717) is 27.8 Å². The normalized spacial score (nSPS) is 12.3. The zero-order valence-corrected chi connectivity index (χ0v) is 17.3. The average Bonchev–Trinajstić information content (AvgIpc) is 2.54. The fraction of sp³-hybridized carbons (Fsp3) is 0.278. The van der Waals surface area contributed by atoms with Crippen LogP contribution in [0, 0.1) is 0 Å². The van der Waals surface area contributed by atoms with Crippen LogP contribution in [0.5, 0.6) is 0 Å². The molecule has 0 aliphatic heterocycles. The molecule has 1 unspecified atom stereocenters. The van der Waals surface area contributed by atoms with Gasteiger partial charge in [-0.25, -0.2) is 13.2 Å². The van der Waals surface area contributed by atoms with Gasteiger partial charge in [-0.05, 0) is 49.2 Å². The van der Waals surface area contributed by atoms with E-state index in [-0.39, 0.29) is 11.8 Å². The minimum Gasteiger partial charge on any atom is -0.331 e. The number of benzene rings is 2. The maximum atomic E-state index is 12.2. The van der Waals surface area contributed by atoms with Gasteiger partial charge in [0.2, 0.25) is 10.0 Å². The van der Waals surface area contributed by atoms with Crippen LogP contribution in [0.1, 0.15) is 31.9 Å². The maximum Gasteiger partial charge on any atom is 0.319 e. The molecule has 2 aromatic carbocycles. The highest BCUT2D eigenvalue weighted by Gasteiger charge is 2.14. The van der Waals surface area contributed by atoms with Crippen LogP contribution in [-0.2, 0) is 10.0 Å². The van der Waals surface area contributed by atoms with E-state index in [1.165, 1.54) is 0 Å². The van der Waals surface area contributed by atoms with Crippen LogP contribution in [0.15, 0.2) is 42.5 Å². The molecular weight excluding hydrogens is 409 g/mol. The second kappa shape index (κ2) is 9.30. The number of carbonyl (C=O) groups is 1. The second-order valence-corrected chi connectivity index (χ2v) is 8.67. The minimum atomic E-state index is -3.40. The molecule has 0 aliphatic rings. The molecule has 0 radical (unpaired) electrons. The number of nitrogens with one attached hydrogen (secondary N) is 3. The number of sulfonamides is 1. The Hall–Kier alpha value is -1.96. The number of hydrogen-bond acceptors (Lipinski definition) is 3. The van der Waals surface area contributed by atoms with Gasteiger partial charge in [0, 0.05) is 15.7 Å². The van der Waals surface area contributed by atoms with E-state index in [1.807, 2.05) is 0 Å². The predicted molar refractivity (Wildman–Crippen MR) is 111 cm³/mol. The van der Waals surface area contributed by atoms with Gasteiger partial charge in [-0.3, -0.25) is 4.72 Å². The molecule has 0 aliphatic carbocycles. The van der Waals surface area contributed by atoms with Gasteiger partial charge in [0.05, 0.1) is 17.5 Å². The number of halogens is 2. The van der Waals surface area contributed by atoms with E-state index in [4.69, 9.17) is 23.2 Å². The molecule has 0 spiro atoms. The first-order valence-electron chi connectivity index (χ1n) is 8.33. The molecule has 0 heterocycles. The largest absolute Gasteiger partial charge is 0.331 e. The summed E-state index contributed by atoms with van der Waals surface area (Å²) in [7, 11) is -3.40. The van der Waals surface area contributed by atoms with Gasteiger partial charge in [0.15, 0.2) is 0 Å². The van der Waals surface area contributed by atoms with Crippen molar-refractivity contribution in [2.75, 3.05) is 15.8 Å². The van der Waals surface area contributed by atoms with Gasteiger partial charge in [-0.2, -0.15) is 0 Å². The van der Waals surface area contributed by atoms with Crippen LogP contribution in [0.25, 0.3) is 0 Å². The third kappa shape index (κ3) is 6.61. The lowest BCUT2D eigenvalue weighted by Crippen LogP contribution is -2.31. The summed E-state index contributed by atoms with van der Waals surface area (Å²) in [4.78, 5) is 12.2. The van der Waals surface area contributed by atoms with Crippen molar-refractivity contribution in [2.24, 2.45) is 0 Å². The number of rotatable bonds is 7. The van der Waals surface area contributed by atoms with E-state index in [0.717, 1.165) is 5.56 Å². The maximum absolute atomic E-state index is 12.2. The van der Waals surface area contributed by atoms with Crippen molar-refractivity contribution in [3.63, 3.8) is 0 Å². The Kier molecular flexibility index (Phi) is 7.35. The van der Waals surface area contributed by atoms with Crippen molar-refractivity contribution in [1.82, 2.24) is 5.32 Å². The lowest BCUT2D eigenvalue weighted by molar-refractivity contribution is 0.249. The zero-order valence-electron chi connectivity index (χ0n) is 14.9. The number of amides is 2. The second-order valence-electron chi connectivity index (χ2n) is 5.99. The Balaban J connectivity index is 2.02. The molecule has 0 aromatic heterocycles. The first kappa shape index (κ1) is 21.3. The molecule has 146 valence electrons. The smallest absolute Gasteiger partial charge is 0.319 e. The molecule has 6 nitrogen and oxygen atoms in total. The summed E-state index contributed by atoms with van der Waals surface area (Å²) in [6.07, 6.45) is 0.515. The standard InChI is InChI=1S/C18H21Cl2N3O3S/c1-3-9-27(25,26)23-15-6-4-5-14(11-15)22-18(24)21-12(2)16-8-7-13(19)10-17(16)20/h4-8,10-12,23H,3,9H2,1-2H3,(H2,21,22,24). The zero-order chi connectivity index (χ0) is 20.0. The Bertz CT molecular complexity index is 920. The predicted octanol–water partition coefficient (Wildman–Crippen LogP) is 5.03. The van der Waals surface area contributed by atoms with Gasteiger partial charge in [0.1, 0.15) is 0 Å². The summed E-state index contributed by atoms with van der Waals surface area (Å²) in [5.74, 6) is 0.0323. The Morgan fingerprint density at radius 3 is 2.48 bits per heavy atom. The highest BCUT2D eigenvalue weighted by molar-refractivity contribution is 7.92. The van der Waals surface area contributed by atoms with E-state index in [9.17, 15) is 13.2 Å². The molecule has 0 bridgehead atoms. The molecule has 9 heteroatoms. The number of carbonyl (C=O) groups excluding carboxylic acids is 1. The number of urea groups is 1. The van der Waals surface area contributed by atoms with Gasteiger partial charge in [-0.1, -0.05) is 42.3 Å². The van der Waals surface area contributed by atoms with Crippen molar-refractivity contribution in [3.8, 4) is 0 Å². The summed E-state index contributed by atoms with van der Waals surface area (Å²) in [5.41, 5.74) is 1.57. The van der Waals surface area contributed by atoms with Gasteiger partial charge in [0.25, 0.3) is 0 Å². The Morgan fingerprint density at radius 1 is 1.11 bits per heavy atom. The third-order valence-electron chi connectivity index (χ3n) is 3.64. The summed E-state index contributed by atoms with van der Waals surface area (Å²) in [5, 5.41) is 6.43. The lowest BCUT2D eigenvalue weighted by Gasteiger charge is -2.17. The van der Waals surface area contributed by atoms with Crippen molar-refractivity contribution >= 4 is 50.6 Å². The SMILES string of the molecule is CCCS(=O)(=O)Nc1cccc(NC(=O)NC(C)c2ccc(Cl)cc2Cl)c1. The van der Waals surface area contributed by atoms with Crippen molar-refractivity contribution in [1.29, 1.82) is 0 Å². The Morgan fingerprint density at radius 2 is 1.81 bits per heavy atom. The molecule has 0 fully saturated rings. The highest BCUT2D eigenvalue weighted by atomic mass is 35.5. The monoisotopic (exact) mass is 429 g/mol. The molecule has 27 heavy (non-hydrogen) atoms. The van der Waals surface area contributed by atoms with Crippen LogP contribution in [0.2, 0.25) is 10.0 Å². The molecule has 0 saturated carbocycles. The first-order valence-corrected chi connectivity index (χ1v) is 10.7. The number of hydrogen-bond donors (Lipinski definition) is 3. The molecule has 0 saturated heterocycles. The van der Waals surface area contributed by atoms with Crippen LogP contribution in [-0.4, -0.2) is 20.2 Å². The minimum absolute atomic E-state index is 0.0323. The summed E-state index contributed by atoms with van der Waals surface area (Å²) < 4.78 is 26.2. The van der Waals surface area contributed by atoms with Crippen LogP contribution >= 0.6 is 23.2 Å². The molecule has 3 N–H and O–H groups in total. The van der Waals surface area contributed by atoms with Gasteiger partial charge in [-0.15, -0.1) is 0 Å². The van der Waals surface area contributed by atoms with Crippen molar-refractivity contribution in [2.45, 2.75) is 26.3 Å². The van der Waals surface area contributed by atoms with Gasteiger partial charge >= 0.3 is 6.03 Å². The van der Waals surface area contributed by atoms with Crippen molar-refractivity contribution in [3.05, 3.63) is 58.1 Å². The van der Waals surface area contributed by atoms with E-state index >= 15 is 0 Å². The molecule has 2 rings (SSSR count). The summed E-state index contributed by atoms with van der Waals surface area (Å²) >= 11 is 12.0. The van der Waals surface area contributed by atoms with E-state index in [1.54, 1.807) is 56.3 Å². The van der Waals surface area contributed by atoms with E-state index < -0.39 is 16.1 Å². The summed E-state index contributed by atoms with van der Waals surface area (Å²) in [6, 6.07) is 10.8. The van der Waals surface area contributed by atoms with Crippen molar-refractivity contribution < 1.29 is 13.2 Å². The molecule has 2 aromatic rings. The number of anilines is 2. The van der Waals surface area contributed by atoms with E-state index in [2.05, 4.69) is 15.4 Å². The molecule has 1 atom stereocenters. The quantitative estimate of drug-likeness (QED) is 0.576. The van der Waals surface area contributed by atoms with Gasteiger partial charge < -0.3 is 10.6 Å². The molecular formula is C18H21Cl2N3O3S. The van der Waals surface area contributed by atoms with Crippen LogP contribution in [0.3, 0.4) is 0 Å². The lowest BCUT2D eigenvalue weighted by atomic mass is 10.1.